The number of aryl methyl sites for hydroxylation is 1. The van der Waals surface area contributed by atoms with Crippen LogP contribution in [0.25, 0.3) is 0 Å². The van der Waals surface area contributed by atoms with Crippen molar-refractivity contribution < 1.29 is 19.7 Å². The Morgan fingerprint density at radius 3 is 2.81 bits per heavy atom. The molecule has 2 rings (SSSR count). The minimum atomic E-state index is -0.865. The zero-order chi connectivity index (χ0) is 19.8. The number of halogens is 1. The van der Waals surface area contributed by atoms with E-state index in [0.29, 0.717) is 37.8 Å². The third-order valence-electron chi connectivity index (χ3n) is 4.47. The highest BCUT2D eigenvalue weighted by atomic mass is 79.9. The maximum absolute atomic E-state index is 12.1. The van der Waals surface area contributed by atoms with Crippen LogP contribution in [0.15, 0.2) is 15.8 Å². The van der Waals surface area contributed by atoms with Crippen LogP contribution in [-0.2, 0) is 16.0 Å². The van der Waals surface area contributed by atoms with Crippen LogP contribution in [-0.4, -0.2) is 56.4 Å². The highest BCUT2D eigenvalue weighted by molar-refractivity contribution is 9.09. The number of rotatable bonds is 10. The third kappa shape index (κ3) is 6.27. The Labute approximate surface area is 164 Å². The molecule has 27 heavy (non-hydrogen) atoms. The quantitative estimate of drug-likeness (QED) is 0.289. The number of amides is 1. The number of ether oxygens (including phenoxy) is 1. The summed E-state index contributed by atoms with van der Waals surface area (Å²) in [6.07, 6.45) is 2.39. The van der Waals surface area contributed by atoms with Crippen molar-refractivity contribution in [2.75, 3.05) is 18.5 Å². The lowest BCUT2D eigenvalue weighted by Crippen LogP contribution is -2.34. The van der Waals surface area contributed by atoms with E-state index in [2.05, 4.69) is 26.2 Å². The Hall–Kier alpha value is -1.49. The number of aliphatic hydroxyl groups excluding tert-OH is 2. The average molecular weight is 448 g/mol. The van der Waals surface area contributed by atoms with Crippen molar-refractivity contribution in [2.45, 2.75) is 57.0 Å². The van der Waals surface area contributed by atoms with Gasteiger partial charge in [-0.05, 0) is 25.7 Å². The Morgan fingerprint density at radius 2 is 2.15 bits per heavy atom. The second-order valence-electron chi connectivity index (χ2n) is 6.54. The van der Waals surface area contributed by atoms with Crippen molar-refractivity contribution in [3.63, 3.8) is 0 Å². The Kier molecular flexibility index (Phi) is 8.68. The van der Waals surface area contributed by atoms with Gasteiger partial charge in [0, 0.05) is 36.5 Å². The zero-order valence-corrected chi connectivity index (χ0v) is 16.6. The maximum atomic E-state index is 12.1. The number of hydrogen-bond donors (Lipinski definition) is 4. The molecule has 9 nitrogen and oxygen atoms in total. The minimum absolute atomic E-state index is 0.0104. The van der Waals surface area contributed by atoms with Gasteiger partial charge in [-0.2, -0.15) is 0 Å². The van der Waals surface area contributed by atoms with Crippen LogP contribution >= 0.6 is 15.9 Å². The van der Waals surface area contributed by atoms with Crippen molar-refractivity contribution in [3.05, 3.63) is 32.6 Å². The monoisotopic (exact) mass is 447 g/mol. The van der Waals surface area contributed by atoms with Gasteiger partial charge in [0.2, 0.25) is 5.91 Å². The molecule has 2 heterocycles. The first-order chi connectivity index (χ1) is 13.0. The summed E-state index contributed by atoms with van der Waals surface area (Å²) in [5.41, 5.74) is -0.626. The van der Waals surface area contributed by atoms with E-state index in [9.17, 15) is 19.5 Å². The largest absolute Gasteiger partial charge is 0.394 e. The highest BCUT2D eigenvalue weighted by Crippen LogP contribution is 2.27. The summed E-state index contributed by atoms with van der Waals surface area (Å²) >= 11 is 3.28. The third-order valence-corrected chi connectivity index (χ3v) is 5.03. The number of nitrogens with zero attached hydrogens (tertiary/aromatic N) is 1. The van der Waals surface area contributed by atoms with Gasteiger partial charge < -0.3 is 20.3 Å². The lowest BCUT2D eigenvalue weighted by atomic mass is 10.1. The molecule has 4 N–H and O–H groups in total. The van der Waals surface area contributed by atoms with Gasteiger partial charge in [0.05, 0.1) is 12.7 Å². The smallest absolute Gasteiger partial charge is 0.330 e. The van der Waals surface area contributed by atoms with Gasteiger partial charge in [0.15, 0.2) is 0 Å². The Bertz CT molecular complexity index is 734. The first-order valence-electron chi connectivity index (χ1n) is 9.07. The molecule has 1 unspecified atom stereocenters. The van der Waals surface area contributed by atoms with Gasteiger partial charge in [-0.1, -0.05) is 15.9 Å². The number of aromatic nitrogens is 2. The second-order valence-corrected chi connectivity index (χ2v) is 7.33. The van der Waals surface area contributed by atoms with E-state index in [0.717, 1.165) is 11.8 Å². The van der Waals surface area contributed by atoms with Crippen molar-refractivity contribution >= 4 is 21.8 Å². The number of aromatic amines is 1. The molecule has 10 heteroatoms. The summed E-state index contributed by atoms with van der Waals surface area (Å²) < 4.78 is 6.72. The number of alkyl halides is 1. The fraction of sp³-hybridized carbons (Fsp3) is 0.706. The lowest BCUT2D eigenvalue weighted by Gasteiger charge is -2.15. The molecule has 152 valence electrons. The van der Waals surface area contributed by atoms with Gasteiger partial charge in [0.25, 0.3) is 5.56 Å². The molecular formula is C17H26BrN3O6. The van der Waals surface area contributed by atoms with E-state index in [1.165, 1.54) is 10.8 Å². The molecule has 1 aliphatic heterocycles. The van der Waals surface area contributed by atoms with Crippen LogP contribution < -0.4 is 16.6 Å². The Morgan fingerprint density at radius 1 is 1.37 bits per heavy atom. The summed E-state index contributed by atoms with van der Waals surface area (Å²) in [5, 5.41) is 22.6. The van der Waals surface area contributed by atoms with Crippen LogP contribution in [0.2, 0.25) is 0 Å². The van der Waals surface area contributed by atoms with Crippen LogP contribution in [0.5, 0.6) is 0 Å². The summed E-state index contributed by atoms with van der Waals surface area (Å²) in [7, 11) is 0. The van der Waals surface area contributed by atoms with E-state index in [1.807, 2.05) is 0 Å². The van der Waals surface area contributed by atoms with E-state index >= 15 is 0 Å². The summed E-state index contributed by atoms with van der Waals surface area (Å²) in [4.78, 5) is 37.8. The second kappa shape index (κ2) is 10.7. The molecule has 1 aliphatic rings. The van der Waals surface area contributed by atoms with E-state index < -0.39 is 29.7 Å². The Balaban J connectivity index is 1.89. The van der Waals surface area contributed by atoms with Gasteiger partial charge in [0.1, 0.15) is 12.3 Å². The average Bonchev–Trinajstić information content (AvgIpc) is 3.01. The number of nitrogens with one attached hydrogen (secondary N) is 2. The molecule has 1 amide bonds. The van der Waals surface area contributed by atoms with Gasteiger partial charge in [-0.25, -0.2) is 4.79 Å². The molecule has 1 saturated heterocycles. The highest BCUT2D eigenvalue weighted by Gasteiger charge is 2.35. The number of aliphatic hydroxyl groups is 2. The normalized spacial score (nSPS) is 22.1. The van der Waals surface area contributed by atoms with Crippen molar-refractivity contribution in [1.29, 1.82) is 0 Å². The molecule has 1 aromatic heterocycles. The molecule has 0 aliphatic carbocycles. The maximum Gasteiger partial charge on any atom is 0.330 e. The molecule has 0 radical (unpaired) electrons. The predicted molar refractivity (Wildman–Crippen MR) is 102 cm³/mol. The topological polar surface area (TPSA) is 134 Å². The minimum Gasteiger partial charge on any atom is -0.394 e. The molecule has 3 atom stereocenters. The lowest BCUT2D eigenvalue weighted by molar-refractivity contribution is -0.121. The van der Waals surface area contributed by atoms with Crippen LogP contribution in [0, 0.1) is 0 Å². The molecule has 1 aromatic rings. The molecule has 1 fully saturated rings. The fourth-order valence-corrected chi connectivity index (χ4v) is 3.23. The van der Waals surface area contributed by atoms with E-state index in [4.69, 9.17) is 9.84 Å². The molecule has 0 saturated carbocycles. The van der Waals surface area contributed by atoms with Crippen molar-refractivity contribution in [3.8, 4) is 0 Å². The molecule has 0 bridgehead atoms. The fourth-order valence-electron chi connectivity index (χ4n) is 2.95. The van der Waals surface area contributed by atoms with Crippen LogP contribution in [0.4, 0.5) is 0 Å². The number of carbonyl (C=O) groups is 1. The first-order valence-corrected chi connectivity index (χ1v) is 10.2. The first kappa shape index (κ1) is 21.8. The van der Waals surface area contributed by atoms with Crippen LogP contribution in [0.1, 0.15) is 43.9 Å². The number of hydrogen-bond acceptors (Lipinski definition) is 6. The summed E-state index contributed by atoms with van der Waals surface area (Å²) in [5.74, 6) is 0.0104. The standard InChI is InChI=1S/C17H26BrN3O6/c18-6-3-5-14(24)19-7-2-1-4-11-9-21(17(26)20-16(11)25)15-8-12(23)13(10-22)27-15/h9,12-13,15,22-23H,1-8,10H2,(H,19,24)(H,20,25,26)/t12?,13-,15-/m0/s1. The predicted octanol–water partition coefficient (Wildman–Crippen LogP) is -0.209. The van der Waals surface area contributed by atoms with Gasteiger partial charge in [-0.3, -0.25) is 19.1 Å². The number of unbranched alkanes of at least 4 members (excludes halogenated alkanes) is 1. The van der Waals surface area contributed by atoms with Gasteiger partial charge >= 0.3 is 5.69 Å². The molecular weight excluding hydrogens is 422 g/mol. The molecule has 0 aromatic carbocycles. The van der Waals surface area contributed by atoms with E-state index in [-0.39, 0.29) is 18.9 Å². The van der Waals surface area contributed by atoms with Gasteiger partial charge in [-0.15, -0.1) is 0 Å². The SMILES string of the molecule is O=C(CCCBr)NCCCCc1cn([C@@H]2CC(O)[C@H](CO)O2)c(=O)[nH]c1=O. The van der Waals surface area contributed by atoms with Crippen molar-refractivity contribution in [2.24, 2.45) is 0 Å². The summed E-state index contributed by atoms with van der Waals surface area (Å²) in [6, 6.07) is 0. The van der Waals surface area contributed by atoms with E-state index in [1.54, 1.807) is 0 Å². The number of carbonyl (C=O) groups excluding carboxylic acids is 1. The summed E-state index contributed by atoms with van der Waals surface area (Å²) in [6.45, 7) is 0.193. The van der Waals surface area contributed by atoms with Crippen molar-refractivity contribution in [1.82, 2.24) is 14.9 Å². The zero-order valence-electron chi connectivity index (χ0n) is 15.0. The van der Waals surface area contributed by atoms with Crippen LogP contribution in [0.3, 0.4) is 0 Å². The molecule has 0 spiro atoms. The number of H-pyrrole nitrogens is 1.